The largest absolute Gasteiger partial charge is 0.544 e. The second-order valence-electron chi connectivity index (χ2n) is 6.91. The zero-order chi connectivity index (χ0) is 19.1. The molecule has 2 aromatic carbocycles. The highest BCUT2D eigenvalue weighted by Crippen LogP contribution is 2.18. The summed E-state index contributed by atoms with van der Waals surface area (Å²) in [6, 6.07) is 16.3. The van der Waals surface area contributed by atoms with Gasteiger partial charge in [-0.05, 0) is 55.7 Å². The summed E-state index contributed by atoms with van der Waals surface area (Å²) in [4.78, 5) is 24.7. The van der Waals surface area contributed by atoms with Gasteiger partial charge >= 0.3 is 0 Å². The fourth-order valence-electron chi connectivity index (χ4n) is 3.47. The highest BCUT2D eigenvalue weighted by molar-refractivity contribution is 5.93. The van der Waals surface area contributed by atoms with Crippen LogP contribution in [0.15, 0.2) is 54.6 Å². The van der Waals surface area contributed by atoms with Crippen molar-refractivity contribution in [2.45, 2.75) is 31.7 Å². The lowest BCUT2D eigenvalue weighted by molar-refractivity contribution is -0.922. The Labute approximate surface area is 159 Å². The number of anilines is 3. The van der Waals surface area contributed by atoms with Crippen LogP contribution in [-0.4, -0.2) is 31.0 Å². The average molecular weight is 367 g/mol. The molecule has 1 aliphatic heterocycles. The number of benzene rings is 2. The van der Waals surface area contributed by atoms with Crippen molar-refractivity contribution < 1.29 is 19.6 Å². The fourth-order valence-corrected chi connectivity index (χ4v) is 3.47. The van der Waals surface area contributed by atoms with Gasteiger partial charge in [-0.15, -0.1) is 0 Å². The Kier molecular flexibility index (Phi) is 6.44. The molecular weight excluding hydrogens is 342 g/mol. The maximum Gasteiger partial charge on any atom is 0.230 e. The van der Waals surface area contributed by atoms with Crippen LogP contribution in [0.1, 0.15) is 25.7 Å². The van der Waals surface area contributed by atoms with Gasteiger partial charge in [-0.3, -0.25) is 4.79 Å². The number of rotatable bonds is 7. The van der Waals surface area contributed by atoms with Gasteiger partial charge in [0, 0.05) is 17.1 Å². The summed E-state index contributed by atoms with van der Waals surface area (Å²) in [7, 11) is 0. The van der Waals surface area contributed by atoms with E-state index in [9.17, 15) is 14.7 Å². The molecular formula is C21H25N3O3. The van der Waals surface area contributed by atoms with Crippen molar-refractivity contribution in [3.8, 4) is 0 Å². The summed E-state index contributed by atoms with van der Waals surface area (Å²) in [5.74, 6) is -1.45. The monoisotopic (exact) mass is 367 g/mol. The summed E-state index contributed by atoms with van der Waals surface area (Å²) >= 11 is 0. The van der Waals surface area contributed by atoms with E-state index in [1.165, 1.54) is 0 Å². The van der Waals surface area contributed by atoms with Gasteiger partial charge in [0.1, 0.15) is 6.04 Å². The number of para-hydroxylation sites is 1. The predicted octanol–water partition coefficient (Wildman–Crippen LogP) is 0.946. The molecule has 0 aliphatic carbocycles. The number of carbonyl (C=O) groups excluding carboxylic acids is 2. The van der Waals surface area contributed by atoms with Gasteiger partial charge in [-0.25, -0.2) is 0 Å². The lowest BCUT2D eigenvalue weighted by Gasteiger charge is -2.31. The van der Waals surface area contributed by atoms with Gasteiger partial charge in [0.15, 0.2) is 0 Å². The summed E-state index contributed by atoms with van der Waals surface area (Å²) in [5, 5.41) is 17.5. The molecule has 0 radical (unpaired) electrons. The first-order chi connectivity index (χ1) is 13.1. The SMILES string of the molecule is O=C(C[C@H](C(=O)[O-])[NH+]1CCCCC1)Nc1ccc(Nc2ccccc2)cc1. The minimum Gasteiger partial charge on any atom is -0.544 e. The molecule has 6 nitrogen and oxygen atoms in total. The van der Waals surface area contributed by atoms with Gasteiger partial charge < -0.3 is 25.4 Å². The molecule has 142 valence electrons. The molecule has 1 aliphatic rings. The van der Waals surface area contributed by atoms with Crippen molar-refractivity contribution in [1.29, 1.82) is 0 Å². The molecule has 0 bridgehead atoms. The maximum absolute atomic E-state index is 12.3. The average Bonchev–Trinajstić information content (AvgIpc) is 2.69. The zero-order valence-electron chi connectivity index (χ0n) is 15.2. The number of carboxylic acid groups (broad SMARTS) is 1. The Balaban J connectivity index is 1.55. The standard InChI is InChI=1S/C21H25N3O3/c25-20(15-19(21(26)27)24-13-5-2-6-14-24)23-18-11-9-17(10-12-18)22-16-7-3-1-4-8-16/h1,3-4,7-12,19,22H,2,5-6,13-15H2,(H,23,25)(H,26,27)/t19-/m1/s1. The van der Waals surface area contributed by atoms with Crippen LogP contribution in [0.4, 0.5) is 17.1 Å². The molecule has 0 saturated carbocycles. The number of aliphatic carboxylic acids is 1. The van der Waals surface area contributed by atoms with E-state index in [-0.39, 0.29) is 12.3 Å². The minimum absolute atomic E-state index is 0.0678. The van der Waals surface area contributed by atoms with Crippen LogP contribution in [0.25, 0.3) is 0 Å². The first-order valence-corrected chi connectivity index (χ1v) is 9.39. The lowest BCUT2D eigenvalue weighted by Crippen LogP contribution is -3.18. The third-order valence-electron chi connectivity index (χ3n) is 4.89. The Bertz CT molecular complexity index is 756. The lowest BCUT2D eigenvalue weighted by atomic mass is 10.1. The normalized spacial score (nSPS) is 15.7. The number of likely N-dealkylation sites (tertiary alicyclic amines) is 1. The third-order valence-corrected chi connectivity index (χ3v) is 4.89. The summed E-state index contributed by atoms with van der Waals surface area (Å²) in [5.41, 5.74) is 2.53. The maximum atomic E-state index is 12.3. The van der Waals surface area contributed by atoms with E-state index in [2.05, 4.69) is 10.6 Å². The number of quaternary nitrogens is 1. The van der Waals surface area contributed by atoms with E-state index in [1.807, 2.05) is 42.5 Å². The number of carbonyl (C=O) groups is 2. The molecule has 3 N–H and O–H groups in total. The van der Waals surface area contributed by atoms with Crippen LogP contribution in [0, 0.1) is 0 Å². The predicted molar refractivity (Wildman–Crippen MR) is 103 cm³/mol. The molecule has 0 spiro atoms. The molecule has 0 unspecified atom stereocenters. The molecule has 6 heteroatoms. The van der Waals surface area contributed by atoms with Crippen molar-refractivity contribution in [3.05, 3.63) is 54.6 Å². The van der Waals surface area contributed by atoms with Gasteiger partial charge in [0.25, 0.3) is 0 Å². The molecule has 3 rings (SSSR count). The number of nitrogens with one attached hydrogen (secondary N) is 3. The highest BCUT2D eigenvalue weighted by Gasteiger charge is 2.27. The van der Waals surface area contributed by atoms with Crippen LogP contribution in [0.2, 0.25) is 0 Å². The van der Waals surface area contributed by atoms with Crippen molar-refractivity contribution in [2.24, 2.45) is 0 Å². The molecule has 1 amide bonds. The Morgan fingerprint density at radius 3 is 2.11 bits per heavy atom. The topological polar surface area (TPSA) is 85.7 Å². The number of hydrogen-bond acceptors (Lipinski definition) is 4. The summed E-state index contributed by atoms with van der Waals surface area (Å²) in [6.45, 7) is 1.57. The summed E-state index contributed by atoms with van der Waals surface area (Å²) in [6.07, 6.45) is 3.05. The Morgan fingerprint density at radius 1 is 0.889 bits per heavy atom. The number of hydrogen-bond donors (Lipinski definition) is 3. The summed E-state index contributed by atoms with van der Waals surface area (Å²) < 4.78 is 0. The quantitative estimate of drug-likeness (QED) is 0.680. The first-order valence-electron chi connectivity index (χ1n) is 9.39. The molecule has 2 aromatic rings. The van der Waals surface area contributed by atoms with Crippen molar-refractivity contribution in [1.82, 2.24) is 0 Å². The van der Waals surface area contributed by atoms with Gasteiger partial charge in [0.2, 0.25) is 5.91 Å². The van der Waals surface area contributed by atoms with Crippen LogP contribution in [0.5, 0.6) is 0 Å². The number of piperidine rings is 1. The van der Waals surface area contributed by atoms with Crippen LogP contribution < -0.4 is 20.6 Å². The second-order valence-corrected chi connectivity index (χ2v) is 6.91. The van der Waals surface area contributed by atoms with Gasteiger partial charge in [-0.1, -0.05) is 18.2 Å². The molecule has 0 aromatic heterocycles. The van der Waals surface area contributed by atoms with E-state index in [1.54, 1.807) is 12.1 Å². The van der Waals surface area contributed by atoms with Crippen LogP contribution in [0.3, 0.4) is 0 Å². The van der Waals surface area contributed by atoms with E-state index < -0.39 is 12.0 Å². The highest BCUT2D eigenvalue weighted by atomic mass is 16.4. The van der Waals surface area contributed by atoms with E-state index in [0.717, 1.165) is 48.6 Å². The molecule has 1 atom stereocenters. The zero-order valence-corrected chi connectivity index (χ0v) is 15.2. The molecule has 1 saturated heterocycles. The first kappa shape index (κ1) is 18.9. The molecule has 1 heterocycles. The third kappa shape index (κ3) is 5.56. The van der Waals surface area contributed by atoms with E-state index >= 15 is 0 Å². The number of carboxylic acids is 1. The minimum atomic E-state index is -1.15. The van der Waals surface area contributed by atoms with Crippen molar-refractivity contribution in [3.63, 3.8) is 0 Å². The smallest absolute Gasteiger partial charge is 0.230 e. The van der Waals surface area contributed by atoms with Gasteiger partial charge in [0.05, 0.1) is 25.5 Å². The van der Waals surface area contributed by atoms with Crippen LogP contribution in [-0.2, 0) is 9.59 Å². The van der Waals surface area contributed by atoms with Crippen molar-refractivity contribution in [2.75, 3.05) is 23.7 Å². The fraction of sp³-hybridized carbons (Fsp3) is 0.333. The van der Waals surface area contributed by atoms with E-state index in [4.69, 9.17) is 0 Å². The van der Waals surface area contributed by atoms with Crippen molar-refractivity contribution >= 4 is 28.9 Å². The van der Waals surface area contributed by atoms with E-state index in [0.29, 0.717) is 5.69 Å². The second kappa shape index (κ2) is 9.19. The molecule has 1 fully saturated rings. The van der Waals surface area contributed by atoms with Crippen LogP contribution >= 0.6 is 0 Å². The number of amides is 1. The van der Waals surface area contributed by atoms with Gasteiger partial charge in [-0.2, -0.15) is 0 Å². The Morgan fingerprint density at radius 2 is 1.48 bits per heavy atom. The Hall–Kier alpha value is -2.86. The molecule has 27 heavy (non-hydrogen) atoms.